The highest BCUT2D eigenvalue weighted by molar-refractivity contribution is 9.10. The number of anilines is 1. The average Bonchev–Trinajstić information content (AvgIpc) is 2.94. The van der Waals surface area contributed by atoms with Gasteiger partial charge in [0.15, 0.2) is 11.7 Å². The molecule has 2 aromatic heterocycles. The third kappa shape index (κ3) is 4.18. The first-order valence-corrected chi connectivity index (χ1v) is 8.80. The minimum atomic E-state index is -0.253. The van der Waals surface area contributed by atoms with Crippen LogP contribution in [0.3, 0.4) is 0 Å². The second-order valence-corrected chi connectivity index (χ2v) is 6.86. The monoisotopic (exact) mass is 403 g/mol. The van der Waals surface area contributed by atoms with Gasteiger partial charge in [-0.1, -0.05) is 39.4 Å². The molecule has 1 N–H and O–H groups in total. The van der Waals surface area contributed by atoms with Crippen molar-refractivity contribution in [1.82, 2.24) is 9.97 Å². The van der Waals surface area contributed by atoms with E-state index in [-0.39, 0.29) is 12.5 Å². The summed E-state index contributed by atoms with van der Waals surface area (Å²) in [6, 6.07) is 13.0. The molecule has 0 aliphatic rings. The Morgan fingerprint density at radius 3 is 2.92 bits per heavy atom. The molecule has 0 bridgehead atoms. The molecule has 0 unspecified atom stereocenters. The molecule has 0 aliphatic heterocycles. The zero-order valence-corrected chi connectivity index (χ0v) is 15.2. The van der Waals surface area contributed by atoms with Crippen molar-refractivity contribution in [3.8, 4) is 16.3 Å². The summed E-state index contributed by atoms with van der Waals surface area (Å²) in [6.45, 7) is 1.82. The number of pyridine rings is 1. The maximum absolute atomic E-state index is 12.0. The van der Waals surface area contributed by atoms with E-state index in [0.717, 1.165) is 20.7 Å². The zero-order chi connectivity index (χ0) is 16.9. The van der Waals surface area contributed by atoms with Gasteiger partial charge in [-0.25, -0.2) is 4.98 Å². The Kier molecular flexibility index (Phi) is 5.22. The first kappa shape index (κ1) is 16.6. The minimum absolute atomic E-state index is 0.0754. The number of halogens is 1. The van der Waals surface area contributed by atoms with E-state index < -0.39 is 0 Å². The van der Waals surface area contributed by atoms with Crippen molar-refractivity contribution in [3.63, 3.8) is 0 Å². The molecule has 1 aromatic carbocycles. The summed E-state index contributed by atoms with van der Waals surface area (Å²) in [5.74, 6) is 0.375. The van der Waals surface area contributed by atoms with Gasteiger partial charge >= 0.3 is 0 Å². The Hall–Kier alpha value is -2.25. The lowest BCUT2D eigenvalue weighted by Crippen LogP contribution is -2.20. The van der Waals surface area contributed by atoms with E-state index in [1.807, 2.05) is 37.3 Å². The van der Waals surface area contributed by atoms with Crippen molar-refractivity contribution < 1.29 is 9.53 Å². The molecule has 3 aromatic rings. The molecule has 1 amide bonds. The summed E-state index contributed by atoms with van der Waals surface area (Å²) in [5, 5.41) is 3.30. The maximum atomic E-state index is 12.0. The van der Waals surface area contributed by atoms with Crippen molar-refractivity contribution in [3.05, 3.63) is 58.8 Å². The number of hydrogen-bond donors (Lipinski definition) is 1. The van der Waals surface area contributed by atoms with E-state index >= 15 is 0 Å². The summed E-state index contributed by atoms with van der Waals surface area (Å²) in [5.41, 5.74) is 1.68. The third-order valence-corrected chi connectivity index (χ3v) is 4.70. The zero-order valence-electron chi connectivity index (χ0n) is 12.8. The summed E-state index contributed by atoms with van der Waals surface area (Å²) in [6.07, 6.45) is 1.73. The van der Waals surface area contributed by atoms with Gasteiger partial charge < -0.3 is 4.74 Å². The van der Waals surface area contributed by atoms with Crippen LogP contribution in [0.4, 0.5) is 5.13 Å². The summed E-state index contributed by atoms with van der Waals surface area (Å²) in [4.78, 5) is 21.7. The van der Waals surface area contributed by atoms with E-state index in [1.165, 1.54) is 11.3 Å². The van der Waals surface area contributed by atoms with Gasteiger partial charge in [-0.05, 0) is 37.3 Å². The standard InChI is InChI=1S/C17H14BrN3O2S/c1-11-16(14-7-2-3-8-19-14)24-17(20-11)21-15(22)10-23-13-6-4-5-12(18)9-13/h2-9H,10H2,1H3,(H,20,21,22). The number of nitrogens with zero attached hydrogens (tertiary/aromatic N) is 2. The number of aryl methyl sites for hydroxylation is 1. The van der Waals surface area contributed by atoms with Crippen molar-refractivity contribution in [2.75, 3.05) is 11.9 Å². The maximum Gasteiger partial charge on any atom is 0.264 e. The van der Waals surface area contributed by atoms with Crippen LogP contribution in [0.2, 0.25) is 0 Å². The second-order valence-electron chi connectivity index (χ2n) is 4.94. The largest absolute Gasteiger partial charge is 0.484 e. The van der Waals surface area contributed by atoms with Gasteiger partial charge in [0.05, 0.1) is 16.3 Å². The molecular weight excluding hydrogens is 390 g/mol. The van der Waals surface area contributed by atoms with E-state index in [9.17, 15) is 4.79 Å². The first-order chi connectivity index (χ1) is 11.6. The highest BCUT2D eigenvalue weighted by Gasteiger charge is 2.13. The van der Waals surface area contributed by atoms with Crippen LogP contribution in [-0.2, 0) is 4.79 Å². The van der Waals surface area contributed by atoms with Crippen molar-refractivity contribution >= 4 is 38.3 Å². The fourth-order valence-corrected chi connectivity index (χ4v) is 3.38. The number of benzene rings is 1. The number of aromatic nitrogens is 2. The van der Waals surface area contributed by atoms with Crippen LogP contribution in [0.25, 0.3) is 10.6 Å². The molecule has 122 valence electrons. The van der Waals surface area contributed by atoms with Gasteiger partial charge in [-0.3, -0.25) is 15.1 Å². The Morgan fingerprint density at radius 1 is 1.29 bits per heavy atom. The van der Waals surface area contributed by atoms with Gasteiger partial charge in [-0.15, -0.1) is 0 Å². The molecule has 0 fully saturated rings. The number of carbonyl (C=O) groups excluding carboxylic acids is 1. The Morgan fingerprint density at radius 2 is 2.17 bits per heavy atom. The number of nitrogens with one attached hydrogen (secondary N) is 1. The fraction of sp³-hybridized carbons (Fsp3) is 0.118. The SMILES string of the molecule is Cc1nc(NC(=O)COc2cccc(Br)c2)sc1-c1ccccn1. The average molecular weight is 404 g/mol. The van der Waals surface area contributed by atoms with Crippen LogP contribution < -0.4 is 10.1 Å². The van der Waals surface area contributed by atoms with E-state index in [1.54, 1.807) is 18.3 Å². The van der Waals surface area contributed by atoms with Crippen LogP contribution in [0.1, 0.15) is 5.69 Å². The molecule has 2 heterocycles. The van der Waals surface area contributed by atoms with Crippen molar-refractivity contribution in [1.29, 1.82) is 0 Å². The molecular formula is C17H14BrN3O2S. The molecule has 0 aliphatic carbocycles. The van der Waals surface area contributed by atoms with E-state index in [4.69, 9.17) is 4.74 Å². The molecule has 7 heteroatoms. The molecule has 0 radical (unpaired) electrons. The van der Waals surface area contributed by atoms with Crippen LogP contribution >= 0.6 is 27.3 Å². The van der Waals surface area contributed by atoms with Crippen LogP contribution in [-0.4, -0.2) is 22.5 Å². The number of ether oxygens (including phenoxy) is 1. The first-order valence-electron chi connectivity index (χ1n) is 7.19. The molecule has 3 rings (SSSR count). The predicted octanol–water partition coefficient (Wildman–Crippen LogP) is 4.29. The van der Waals surface area contributed by atoms with Crippen LogP contribution in [0.5, 0.6) is 5.75 Å². The molecule has 24 heavy (non-hydrogen) atoms. The van der Waals surface area contributed by atoms with Gasteiger partial charge in [0.2, 0.25) is 0 Å². The van der Waals surface area contributed by atoms with Crippen LogP contribution in [0.15, 0.2) is 53.1 Å². The summed E-state index contributed by atoms with van der Waals surface area (Å²) in [7, 11) is 0. The topological polar surface area (TPSA) is 64.1 Å². The van der Waals surface area contributed by atoms with Gasteiger partial charge in [0.25, 0.3) is 5.91 Å². The van der Waals surface area contributed by atoms with E-state index in [0.29, 0.717) is 10.9 Å². The molecule has 5 nitrogen and oxygen atoms in total. The van der Waals surface area contributed by atoms with Crippen molar-refractivity contribution in [2.45, 2.75) is 6.92 Å². The number of carbonyl (C=O) groups is 1. The second kappa shape index (κ2) is 7.55. The Balaban J connectivity index is 1.63. The summed E-state index contributed by atoms with van der Waals surface area (Å²) < 4.78 is 6.36. The van der Waals surface area contributed by atoms with E-state index in [2.05, 4.69) is 31.2 Å². The Bertz CT molecular complexity index is 852. The van der Waals surface area contributed by atoms with Gasteiger partial charge in [0.1, 0.15) is 5.75 Å². The van der Waals surface area contributed by atoms with Gasteiger partial charge in [-0.2, -0.15) is 0 Å². The number of thiazole rings is 1. The van der Waals surface area contributed by atoms with Crippen LogP contribution in [0, 0.1) is 6.92 Å². The number of amides is 1. The lowest BCUT2D eigenvalue weighted by Gasteiger charge is -2.05. The third-order valence-electron chi connectivity index (χ3n) is 3.11. The fourth-order valence-electron chi connectivity index (χ4n) is 2.05. The molecule has 0 atom stereocenters. The number of rotatable bonds is 5. The summed E-state index contributed by atoms with van der Waals surface area (Å²) >= 11 is 4.76. The molecule has 0 spiro atoms. The van der Waals surface area contributed by atoms with Crippen molar-refractivity contribution in [2.24, 2.45) is 0 Å². The highest BCUT2D eigenvalue weighted by Crippen LogP contribution is 2.31. The lowest BCUT2D eigenvalue weighted by atomic mass is 10.3. The quantitative estimate of drug-likeness (QED) is 0.689. The smallest absolute Gasteiger partial charge is 0.264 e. The molecule has 0 saturated carbocycles. The lowest BCUT2D eigenvalue weighted by molar-refractivity contribution is -0.118. The predicted molar refractivity (Wildman–Crippen MR) is 98.3 cm³/mol. The molecule has 0 saturated heterocycles. The normalized spacial score (nSPS) is 10.4. The van der Waals surface area contributed by atoms with Gasteiger partial charge in [0, 0.05) is 10.7 Å². The minimum Gasteiger partial charge on any atom is -0.484 e. The number of hydrogen-bond acceptors (Lipinski definition) is 5. The Labute approximate surface area is 151 Å². The highest BCUT2D eigenvalue weighted by atomic mass is 79.9.